The van der Waals surface area contributed by atoms with Crippen LogP contribution in [0.2, 0.25) is 0 Å². The van der Waals surface area contributed by atoms with E-state index in [2.05, 4.69) is 12.2 Å². The third kappa shape index (κ3) is 5.61. The van der Waals surface area contributed by atoms with Gasteiger partial charge >= 0.3 is 0 Å². The van der Waals surface area contributed by atoms with Crippen LogP contribution in [0.1, 0.15) is 26.7 Å². The fourth-order valence-corrected chi connectivity index (χ4v) is 1.46. The molecule has 1 aromatic rings. The van der Waals surface area contributed by atoms with E-state index in [0.29, 0.717) is 36.8 Å². The molecule has 0 saturated heterocycles. The summed E-state index contributed by atoms with van der Waals surface area (Å²) in [6.07, 6.45) is 1.43. The molecule has 0 radical (unpaired) electrons. The van der Waals surface area contributed by atoms with Crippen LogP contribution >= 0.6 is 0 Å². The van der Waals surface area contributed by atoms with Crippen LogP contribution in [0.15, 0.2) is 18.2 Å². The van der Waals surface area contributed by atoms with Crippen LogP contribution in [0.4, 0.5) is 11.4 Å². The lowest BCUT2D eigenvalue weighted by molar-refractivity contribution is -0.115. The van der Waals surface area contributed by atoms with Gasteiger partial charge in [0.2, 0.25) is 5.91 Å². The highest BCUT2D eigenvalue weighted by Gasteiger charge is 2.04. The minimum atomic E-state index is -0.0407. The number of anilines is 2. The van der Waals surface area contributed by atoms with Crippen molar-refractivity contribution in [3.8, 4) is 5.75 Å². The van der Waals surface area contributed by atoms with Gasteiger partial charge in [-0.15, -0.1) is 0 Å². The molecule has 0 unspecified atom stereocenters. The summed E-state index contributed by atoms with van der Waals surface area (Å²) in [5.74, 6) is 0.565. The van der Waals surface area contributed by atoms with Crippen LogP contribution in [0, 0.1) is 0 Å². The Kier molecular flexibility index (Phi) is 6.74. The van der Waals surface area contributed by atoms with E-state index in [1.807, 2.05) is 0 Å². The van der Waals surface area contributed by atoms with Gasteiger partial charge in [0.05, 0.1) is 12.3 Å². The molecule has 0 fully saturated rings. The van der Waals surface area contributed by atoms with Crippen LogP contribution < -0.4 is 15.8 Å². The zero-order chi connectivity index (χ0) is 14.1. The first-order chi connectivity index (χ1) is 9.17. The van der Waals surface area contributed by atoms with E-state index in [0.717, 1.165) is 13.0 Å². The summed E-state index contributed by atoms with van der Waals surface area (Å²) >= 11 is 0. The highest BCUT2D eigenvalue weighted by Crippen LogP contribution is 2.25. The molecule has 0 bridgehead atoms. The number of nitrogens with two attached hydrogens (primary N) is 1. The quantitative estimate of drug-likeness (QED) is 0.560. The Balaban J connectivity index is 2.45. The van der Waals surface area contributed by atoms with E-state index >= 15 is 0 Å². The molecule has 0 aliphatic rings. The number of benzene rings is 1. The number of nitrogen functional groups attached to an aromatic ring is 1. The Labute approximate surface area is 114 Å². The van der Waals surface area contributed by atoms with Gasteiger partial charge in [0.25, 0.3) is 0 Å². The molecular formula is C14H22N2O3. The predicted molar refractivity (Wildman–Crippen MR) is 76.4 cm³/mol. The first-order valence-electron chi connectivity index (χ1n) is 6.57. The van der Waals surface area contributed by atoms with E-state index in [9.17, 15) is 4.79 Å². The van der Waals surface area contributed by atoms with Crippen molar-refractivity contribution in [2.45, 2.75) is 26.7 Å². The number of carbonyl (C=O) groups excluding carboxylic acids is 1. The van der Waals surface area contributed by atoms with Crippen molar-refractivity contribution in [1.29, 1.82) is 0 Å². The van der Waals surface area contributed by atoms with Gasteiger partial charge in [0.1, 0.15) is 12.4 Å². The van der Waals surface area contributed by atoms with Crippen molar-refractivity contribution in [3.05, 3.63) is 18.2 Å². The summed E-state index contributed by atoms with van der Waals surface area (Å²) in [6, 6.07) is 5.21. The SMILES string of the molecule is CCCOCCOc1ccc(NC(=O)CC)cc1N. The molecule has 1 amide bonds. The highest BCUT2D eigenvalue weighted by atomic mass is 16.5. The molecule has 5 heteroatoms. The Bertz CT molecular complexity index is 408. The Hall–Kier alpha value is -1.75. The second-order valence-electron chi connectivity index (χ2n) is 4.12. The largest absolute Gasteiger partial charge is 0.489 e. The molecule has 0 atom stereocenters. The molecule has 5 nitrogen and oxygen atoms in total. The second-order valence-corrected chi connectivity index (χ2v) is 4.12. The van der Waals surface area contributed by atoms with Crippen LogP contribution in [0.3, 0.4) is 0 Å². The van der Waals surface area contributed by atoms with Crippen molar-refractivity contribution in [1.82, 2.24) is 0 Å². The van der Waals surface area contributed by atoms with Gasteiger partial charge < -0.3 is 20.5 Å². The number of rotatable bonds is 8. The van der Waals surface area contributed by atoms with E-state index in [1.54, 1.807) is 25.1 Å². The van der Waals surface area contributed by atoms with Gasteiger partial charge in [-0.1, -0.05) is 13.8 Å². The van der Waals surface area contributed by atoms with Gasteiger partial charge in [0.15, 0.2) is 0 Å². The van der Waals surface area contributed by atoms with Crippen LogP contribution in [0.25, 0.3) is 0 Å². The van der Waals surface area contributed by atoms with E-state index < -0.39 is 0 Å². The molecule has 0 aliphatic carbocycles. The molecule has 1 aromatic carbocycles. The van der Waals surface area contributed by atoms with E-state index in [1.165, 1.54) is 0 Å². The first-order valence-corrected chi connectivity index (χ1v) is 6.57. The standard InChI is InChI=1S/C14H22N2O3/c1-3-7-18-8-9-19-13-6-5-11(10-12(13)15)16-14(17)4-2/h5-6,10H,3-4,7-9,15H2,1-2H3,(H,16,17). The van der Waals surface area contributed by atoms with Crippen LogP contribution in [-0.2, 0) is 9.53 Å². The van der Waals surface area contributed by atoms with Crippen LogP contribution in [0.5, 0.6) is 5.75 Å². The van der Waals surface area contributed by atoms with Gasteiger partial charge in [-0.25, -0.2) is 0 Å². The number of amides is 1. The Morgan fingerprint density at radius 2 is 2.05 bits per heavy atom. The zero-order valence-corrected chi connectivity index (χ0v) is 11.6. The number of carbonyl (C=O) groups is 1. The fraction of sp³-hybridized carbons (Fsp3) is 0.500. The highest BCUT2D eigenvalue weighted by molar-refractivity contribution is 5.91. The first kappa shape index (κ1) is 15.3. The minimum absolute atomic E-state index is 0.0407. The summed E-state index contributed by atoms with van der Waals surface area (Å²) in [5.41, 5.74) is 7.05. The number of hydrogen-bond donors (Lipinski definition) is 2. The summed E-state index contributed by atoms with van der Waals surface area (Å²) < 4.78 is 10.8. The molecule has 0 saturated carbocycles. The van der Waals surface area contributed by atoms with Crippen molar-refractivity contribution >= 4 is 17.3 Å². The van der Waals surface area contributed by atoms with Gasteiger partial charge in [-0.3, -0.25) is 4.79 Å². The number of hydrogen-bond acceptors (Lipinski definition) is 4. The topological polar surface area (TPSA) is 73.6 Å². The third-order valence-electron chi connectivity index (χ3n) is 2.45. The maximum absolute atomic E-state index is 11.3. The minimum Gasteiger partial charge on any atom is -0.489 e. The Morgan fingerprint density at radius 3 is 2.68 bits per heavy atom. The lowest BCUT2D eigenvalue weighted by atomic mass is 10.2. The smallest absolute Gasteiger partial charge is 0.224 e. The lowest BCUT2D eigenvalue weighted by Crippen LogP contribution is -2.11. The molecule has 0 aliphatic heterocycles. The zero-order valence-electron chi connectivity index (χ0n) is 11.6. The maximum atomic E-state index is 11.3. The molecule has 0 spiro atoms. The molecule has 0 heterocycles. The molecule has 0 aromatic heterocycles. The normalized spacial score (nSPS) is 10.2. The summed E-state index contributed by atoms with van der Waals surface area (Å²) in [7, 11) is 0. The average molecular weight is 266 g/mol. The molecule has 3 N–H and O–H groups in total. The number of nitrogens with one attached hydrogen (secondary N) is 1. The molecule has 19 heavy (non-hydrogen) atoms. The third-order valence-corrected chi connectivity index (χ3v) is 2.45. The molecule has 106 valence electrons. The lowest BCUT2D eigenvalue weighted by Gasteiger charge is -2.11. The Morgan fingerprint density at radius 1 is 1.26 bits per heavy atom. The van der Waals surface area contributed by atoms with Crippen molar-refractivity contribution in [2.24, 2.45) is 0 Å². The average Bonchev–Trinajstić information content (AvgIpc) is 2.40. The van der Waals surface area contributed by atoms with E-state index in [4.69, 9.17) is 15.2 Å². The summed E-state index contributed by atoms with van der Waals surface area (Å²) in [4.78, 5) is 11.3. The van der Waals surface area contributed by atoms with Gasteiger partial charge in [-0.05, 0) is 24.6 Å². The fourth-order valence-electron chi connectivity index (χ4n) is 1.46. The van der Waals surface area contributed by atoms with Gasteiger partial charge in [0, 0.05) is 18.7 Å². The molecule has 1 rings (SSSR count). The van der Waals surface area contributed by atoms with Crippen molar-refractivity contribution < 1.29 is 14.3 Å². The van der Waals surface area contributed by atoms with Crippen molar-refractivity contribution in [2.75, 3.05) is 30.9 Å². The van der Waals surface area contributed by atoms with Crippen molar-refractivity contribution in [3.63, 3.8) is 0 Å². The van der Waals surface area contributed by atoms with Crippen LogP contribution in [-0.4, -0.2) is 25.7 Å². The molecular weight excluding hydrogens is 244 g/mol. The number of ether oxygens (including phenoxy) is 2. The second kappa shape index (κ2) is 8.37. The van der Waals surface area contributed by atoms with Gasteiger partial charge in [-0.2, -0.15) is 0 Å². The summed E-state index contributed by atoms with van der Waals surface area (Å²) in [5, 5.41) is 2.74. The monoisotopic (exact) mass is 266 g/mol. The maximum Gasteiger partial charge on any atom is 0.224 e. The van der Waals surface area contributed by atoms with E-state index in [-0.39, 0.29) is 5.91 Å². The summed E-state index contributed by atoms with van der Waals surface area (Å²) in [6.45, 7) is 5.60. The predicted octanol–water partition coefficient (Wildman–Crippen LogP) is 2.42.